The molecule has 3 aliphatic rings. The molecule has 1 N–H and O–H groups in total. The Morgan fingerprint density at radius 3 is 2.46 bits per heavy atom. The average molecular weight is 506 g/mol. The second-order valence-corrected chi connectivity index (χ2v) is 10.9. The second kappa shape index (κ2) is 11.2. The predicted octanol–water partition coefficient (Wildman–Crippen LogP) is 4.22. The number of amides is 2. The van der Waals surface area contributed by atoms with Crippen LogP contribution in [0.3, 0.4) is 0 Å². The summed E-state index contributed by atoms with van der Waals surface area (Å²) in [5, 5.41) is 3.27. The molecule has 2 amide bonds. The van der Waals surface area contributed by atoms with Crippen LogP contribution in [-0.4, -0.2) is 66.2 Å². The van der Waals surface area contributed by atoms with Gasteiger partial charge in [-0.2, -0.15) is 0 Å². The van der Waals surface area contributed by atoms with Gasteiger partial charge in [0.15, 0.2) is 0 Å². The van der Waals surface area contributed by atoms with E-state index in [9.17, 15) is 9.59 Å². The van der Waals surface area contributed by atoms with Gasteiger partial charge in [0.2, 0.25) is 5.91 Å². The minimum absolute atomic E-state index is 0.103. The third kappa shape index (κ3) is 5.68. The molecular formula is C30H39N3O4. The van der Waals surface area contributed by atoms with E-state index >= 15 is 0 Å². The van der Waals surface area contributed by atoms with Crippen LogP contribution in [0, 0.1) is 5.92 Å². The minimum Gasteiger partial charge on any atom is -0.497 e. The van der Waals surface area contributed by atoms with Crippen LogP contribution in [-0.2, 0) is 16.1 Å². The number of benzene rings is 2. The first-order valence-corrected chi connectivity index (χ1v) is 13.7. The summed E-state index contributed by atoms with van der Waals surface area (Å²) in [6.07, 6.45) is 5.28. The molecule has 2 aromatic rings. The molecule has 0 bridgehead atoms. The summed E-state index contributed by atoms with van der Waals surface area (Å²) < 4.78 is 11.7. The van der Waals surface area contributed by atoms with Crippen LogP contribution in [0.1, 0.15) is 61.4 Å². The van der Waals surface area contributed by atoms with Crippen molar-refractivity contribution in [1.29, 1.82) is 0 Å². The molecule has 2 saturated heterocycles. The molecule has 0 radical (unpaired) electrons. The summed E-state index contributed by atoms with van der Waals surface area (Å²) in [6.45, 7) is 5.29. The number of nitrogens with one attached hydrogen (secondary N) is 1. The Morgan fingerprint density at radius 1 is 1.03 bits per heavy atom. The number of nitrogens with zero attached hydrogens (tertiary/aromatic N) is 2. The standard InChI is InChI=1S/C30H39N3O4/c1-22-11-15-30(16-12-22)33(29(35)24-9-6-10-26(19-24)36-2)27(21-37-30)28(34)31-25-13-17-32(18-14-25)20-23-7-4-3-5-8-23/h3-10,19,22,25,27H,11-18,20-21H2,1-2H3,(H,31,34)/t22?,27-,30?/m0/s1. The van der Waals surface area contributed by atoms with E-state index in [4.69, 9.17) is 9.47 Å². The first kappa shape index (κ1) is 25.7. The van der Waals surface area contributed by atoms with E-state index < -0.39 is 11.8 Å². The topological polar surface area (TPSA) is 71.1 Å². The highest BCUT2D eigenvalue weighted by Gasteiger charge is 2.53. The van der Waals surface area contributed by atoms with Gasteiger partial charge in [-0.25, -0.2) is 0 Å². The maximum absolute atomic E-state index is 13.9. The molecule has 0 aromatic heterocycles. The zero-order valence-electron chi connectivity index (χ0n) is 22.0. The van der Waals surface area contributed by atoms with E-state index in [1.807, 2.05) is 18.2 Å². The van der Waals surface area contributed by atoms with Gasteiger partial charge in [0.25, 0.3) is 5.91 Å². The van der Waals surface area contributed by atoms with Crippen molar-refractivity contribution in [2.75, 3.05) is 26.8 Å². The highest BCUT2D eigenvalue weighted by molar-refractivity contribution is 5.98. The number of hydrogen-bond donors (Lipinski definition) is 1. The van der Waals surface area contributed by atoms with E-state index in [2.05, 4.69) is 41.4 Å². The van der Waals surface area contributed by atoms with Gasteiger partial charge in [0.1, 0.15) is 17.5 Å². The number of carbonyl (C=O) groups is 2. The summed E-state index contributed by atoms with van der Waals surface area (Å²) in [5.74, 6) is 0.953. The van der Waals surface area contributed by atoms with Crippen LogP contribution in [0.4, 0.5) is 0 Å². The Bertz CT molecular complexity index is 1080. The normalized spacial score (nSPS) is 26.8. The van der Waals surface area contributed by atoms with E-state index in [0.717, 1.165) is 58.2 Å². The van der Waals surface area contributed by atoms with E-state index in [0.29, 0.717) is 17.2 Å². The van der Waals surface area contributed by atoms with Crippen LogP contribution in [0.2, 0.25) is 0 Å². The summed E-state index contributed by atoms with van der Waals surface area (Å²) in [5.41, 5.74) is 1.12. The Labute approximate surface area is 220 Å². The van der Waals surface area contributed by atoms with Gasteiger partial charge in [0.05, 0.1) is 13.7 Å². The van der Waals surface area contributed by atoms with E-state index in [-0.39, 0.29) is 24.5 Å². The van der Waals surface area contributed by atoms with E-state index in [1.165, 1.54) is 5.56 Å². The zero-order valence-corrected chi connectivity index (χ0v) is 22.0. The zero-order chi connectivity index (χ0) is 25.8. The fourth-order valence-corrected chi connectivity index (χ4v) is 6.05. The fourth-order valence-electron chi connectivity index (χ4n) is 6.05. The van der Waals surface area contributed by atoms with Crippen molar-refractivity contribution in [2.24, 2.45) is 5.92 Å². The number of piperidine rings is 1. The maximum Gasteiger partial charge on any atom is 0.257 e. The van der Waals surface area contributed by atoms with Crippen LogP contribution in [0.15, 0.2) is 54.6 Å². The molecule has 3 fully saturated rings. The van der Waals surface area contributed by atoms with Gasteiger partial charge in [-0.1, -0.05) is 43.3 Å². The average Bonchev–Trinajstić information content (AvgIpc) is 3.30. The largest absolute Gasteiger partial charge is 0.497 e. The van der Waals surface area contributed by atoms with Crippen molar-refractivity contribution in [1.82, 2.24) is 15.1 Å². The number of ether oxygens (including phenoxy) is 2. The van der Waals surface area contributed by atoms with Gasteiger partial charge in [0, 0.05) is 31.2 Å². The summed E-state index contributed by atoms with van der Waals surface area (Å²) >= 11 is 0. The highest BCUT2D eigenvalue weighted by atomic mass is 16.5. The molecule has 5 rings (SSSR count). The SMILES string of the molecule is COc1cccc(C(=O)N2[C@H](C(=O)NC3CCN(Cc4ccccc4)CC3)COC23CCC(C)CC3)c1. The van der Waals surface area contributed by atoms with Crippen LogP contribution < -0.4 is 10.1 Å². The van der Waals surface area contributed by atoms with Crippen LogP contribution in [0.25, 0.3) is 0 Å². The third-order valence-corrected chi connectivity index (χ3v) is 8.34. The second-order valence-electron chi connectivity index (χ2n) is 10.9. The van der Waals surface area contributed by atoms with Crippen molar-refractivity contribution in [2.45, 2.75) is 69.8 Å². The van der Waals surface area contributed by atoms with Crippen LogP contribution >= 0.6 is 0 Å². The summed E-state index contributed by atoms with van der Waals surface area (Å²) in [4.78, 5) is 31.7. The molecule has 2 aromatic carbocycles. The molecule has 37 heavy (non-hydrogen) atoms. The highest BCUT2D eigenvalue weighted by Crippen LogP contribution is 2.43. The molecule has 7 heteroatoms. The van der Waals surface area contributed by atoms with Gasteiger partial charge < -0.3 is 14.8 Å². The smallest absolute Gasteiger partial charge is 0.257 e. The van der Waals surface area contributed by atoms with Crippen molar-refractivity contribution in [3.8, 4) is 5.75 Å². The fraction of sp³-hybridized carbons (Fsp3) is 0.533. The lowest BCUT2D eigenvalue weighted by molar-refractivity contribution is -0.128. The van der Waals surface area contributed by atoms with Gasteiger partial charge in [-0.05, 0) is 68.2 Å². The minimum atomic E-state index is -0.715. The lowest BCUT2D eigenvalue weighted by atomic mass is 9.83. The Balaban J connectivity index is 1.27. The van der Waals surface area contributed by atoms with Gasteiger partial charge >= 0.3 is 0 Å². The number of carbonyl (C=O) groups excluding carboxylic acids is 2. The first-order valence-electron chi connectivity index (χ1n) is 13.7. The van der Waals surface area contributed by atoms with Gasteiger partial charge in [-0.3, -0.25) is 19.4 Å². The molecule has 1 aliphatic carbocycles. The quantitative estimate of drug-likeness (QED) is 0.637. The van der Waals surface area contributed by atoms with Crippen molar-refractivity contribution >= 4 is 11.8 Å². The molecule has 1 spiro atoms. The number of likely N-dealkylation sites (tertiary alicyclic amines) is 1. The molecule has 1 atom stereocenters. The third-order valence-electron chi connectivity index (χ3n) is 8.34. The molecule has 2 aliphatic heterocycles. The number of methoxy groups -OCH3 is 1. The van der Waals surface area contributed by atoms with E-state index in [1.54, 1.807) is 24.1 Å². The summed E-state index contributed by atoms with van der Waals surface area (Å²) in [7, 11) is 1.59. The molecule has 2 heterocycles. The lowest BCUT2D eigenvalue weighted by Crippen LogP contribution is -2.58. The Morgan fingerprint density at radius 2 is 1.76 bits per heavy atom. The van der Waals surface area contributed by atoms with Crippen molar-refractivity contribution < 1.29 is 19.1 Å². The van der Waals surface area contributed by atoms with Crippen molar-refractivity contribution in [3.05, 3.63) is 65.7 Å². The molecular weight excluding hydrogens is 466 g/mol. The Hall–Kier alpha value is -2.90. The van der Waals surface area contributed by atoms with Crippen LogP contribution in [0.5, 0.6) is 5.75 Å². The monoisotopic (exact) mass is 505 g/mol. The molecule has 1 saturated carbocycles. The summed E-state index contributed by atoms with van der Waals surface area (Å²) in [6, 6.07) is 17.2. The molecule has 198 valence electrons. The van der Waals surface area contributed by atoms with Crippen molar-refractivity contribution in [3.63, 3.8) is 0 Å². The molecule has 7 nitrogen and oxygen atoms in total. The molecule has 0 unspecified atom stereocenters. The number of rotatable bonds is 6. The lowest BCUT2D eigenvalue weighted by Gasteiger charge is -2.43. The Kier molecular flexibility index (Phi) is 7.81. The number of hydrogen-bond acceptors (Lipinski definition) is 5. The predicted molar refractivity (Wildman–Crippen MR) is 142 cm³/mol. The maximum atomic E-state index is 13.9. The first-order chi connectivity index (χ1) is 18.0. The van der Waals surface area contributed by atoms with Gasteiger partial charge in [-0.15, -0.1) is 0 Å².